The Labute approximate surface area is 123 Å². The van der Waals surface area contributed by atoms with Gasteiger partial charge in [0.2, 0.25) is 0 Å². The van der Waals surface area contributed by atoms with Gasteiger partial charge in [0.05, 0.1) is 6.04 Å². The zero-order valence-corrected chi connectivity index (χ0v) is 12.1. The summed E-state index contributed by atoms with van der Waals surface area (Å²) in [6, 6.07) is 14.7. The molecule has 0 saturated carbocycles. The molecule has 21 heavy (non-hydrogen) atoms. The molecule has 1 unspecified atom stereocenters. The highest BCUT2D eigenvalue weighted by molar-refractivity contribution is 5.53. The minimum atomic E-state index is -2.82. The Morgan fingerprint density at radius 1 is 1.05 bits per heavy atom. The number of hydrogen-bond donors (Lipinski definition) is 1. The average molecular weight is 291 g/mol. The first-order valence-corrected chi connectivity index (χ1v) is 7.00. The van der Waals surface area contributed by atoms with E-state index in [-0.39, 0.29) is 11.8 Å². The average Bonchev–Trinajstić information content (AvgIpc) is 2.47. The van der Waals surface area contributed by atoms with Crippen molar-refractivity contribution in [2.24, 2.45) is 0 Å². The number of para-hydroxylation sites is 2. The summed E-state index contributed by atoms with van der Waals surface area (Å²) in [7, 11) is 0. The lowest BCUT2D eigenvalue weighted by Gasteiger charge is -2.20. The molecule has 0 aliphatic carbocycles. The van der Waals surface area contributed by atoms with E-state index >= 15 is 0 Å². The SMILES string of the molecule is CCc1ccccc1NC(C)c1ccccc1OC(F)F. The topological polar surface area (TPSA) is 21.3 Å². The molecule has 0 heterocycles. The summed E-state index contributed by atoms with van der Waals surface area (Å²) < 4.78 is 29.5. The second-order valence-electron chi connectivity index (χ2n) is 4.79. The van der Waals surface area contributed by atoms with Gasteiger partial charge in [-0.1, -0.05) is 43.3 Å². The maximum atomic E-state index is 12.5. The summed E-state index contributed by atoms with van der Waals surface area (Å²) >= 11 is 0. The van der Waals surface area contributed by atoms with Crippen LogP contribution in [0.4, 0.5) is 14.5 Å². The molecule has 0 bridgehead atoms. The van der Waals surface area contributed by atoms with Crippen LogP contribution < -0.4 is 10.1 Å². The number of halogens is 2. The van der Waals surface area contributed by atoms with Gasteiger partial charge in [-0.2, -0.15) is 8.78 Å². The van der Waals surface area contributed by atoms with Crippen molar-refractivity contribution in [3.63, 3.8) is 0 Å². The predicted molar refractivity (Wildman–Crippen MR) is 80.9 cm³/mol. The van der Waals surface area contributed by atoms with Gasteiger partial charge in [-0.3, -0.25) is 0 Å². The Kier molecular flexibility index (Phi) is 5.14. The highest BCUT2D eigenvalue weighted by Crippen LogP contribution is 2.29. The molecule has 2 rings (SSSR count). The maximum Gasteiger partial charge on any atom is 0.387 e. The van der Waals surface area contributed by atoms with Crippen molar-refractivity contribution >= 4 is 5.69 Å². The minimum Gasteiger partial charge on any atom is -0.434 e. The number of benzene rings is 2. The van der Waals surface area contributed by atoms with Crippen molar-refractivity contribution in [1.29, 1.82) is 0 Å². The van der Waals surface area contributed by atoms with Gasteiger partial charge in [-0.05, 0) is 31.0 Å². The van der Waals surface area contributed by atoms with Crippen molar-refractivity contribution in [2.45, 2.75) is 32.9 Å². The Bertz CT molecular complexity index is 587. The molecule has 1 N–H and O–H groups in total. The second kappa shape index (κ2) is 7.07. The molecule has 0 aliphatic heterocycles. The van der Waals surface area contributed by atoms with E-state index in [1.807, 2.05) is 31.2 Å². The smallest absolute Gasteiger partial charge is 0.387 e. The van der Waals surface area contributed by atoms with Crippen LogP contribution in [0.2, 0.25) is 0 Å². The van der Waals surface area contributed by atoms with E-state index < -0.39 is 6.61 Å². The van der Waals surface area contributed by atoms with Crippen molar-refractivity contribution in [2.75, 3.05) is 5.32 Å². The van der Waals surface area contributed by atoms with Crippen molar-refractivity contribution in [3.05, 3.63) is 59.7 Å². The van der Waals surface area contributed by atoms with E-state index in [9.17, 15) is 8.78 Å². The molecule has 0 amide bonds. The fourth-order valence-corrected chi connectivity index (χ4v) is 2.32. The first-order chi connectivity index (χ1) is 10.1. The van der Waals surface area contributed by atoms with Gasteiger partial charge in [0.15, 0.2) is 0 Å². The van der Waals surface area contributed by atoms with Gasteiger partial charge in [0, 0.05) is 11.3 Å². The standard InChI is InChI=1S/C17H19F2NO/c1-3-13-8-4-6-10-15(13)20-12(2)14-9-5-7-11-16(14)21-17(18)19/h4-12,17,20H,3H2,1-2H3. The van der Waals surface area contributed by atoms with E-state index in [0.29, 0.717) is 5.56 Å². The van der Waals surface area contributed by atoms with Crippen LogP contribution in [0.15, 0.2) is 48.5 Å². The van der Waals surface area contributed by atoms with Crippen molar-refractivity contribution in [3.8, 4) is 5.75 Å². The summed E-state index contributed by atoms with van der Waals surface area (Å²) in [5.74, 6) is 0.210. The normalized spacial score (nSPS) is 12.2. The number of aryl methyl sites for hydroxylation is 1. The summed E-state index contributed by atoms with van der Waals surface area (Å²) in [5.41, 5.74) is 2.92. The molecule has 112 valence electrons. The monoisotopic (exact) mass is 291 g/mol. The summed E-state index contributed by atoms with van der Waals surface area (Å²) in [4.78, 5) is 0. The largest absolute Gasteiger partial charge is 0.434 e. The van der Waals surface area contributed by atoms with Gasteiger partial charge in [-0.25, -0.2) is 0 Å². The van der Waals surface area contributed by atoms with E-state index in [4.69, 9.17) is 0 Å². The molecule has 0 radical (unpaired) electrons. The van der Waals surface area contributed by atoms with Crippen LogP contribution in [-0.2, 0) is 6.42 Å². The lowest BCUT2D eigenvalue weighted by Crippen LogP contribution is -2.11. The van der Waals surface area contributed by atoms with Gasteiger partial charge in [0.1, 0.15) is 5.75 Å². The van der Waals surface area contributed by atoms with Crippen molar-refractivity contribution < 1.29 is 13.5 Å². The first kappa shape index (κ1) is 15.3. The van der Waals surface area contributed by atoms with E-state index in [1.165, 1.54) is 5.56 Å². The third kappa shape index (κ3) is 3.94. The van der Waals surface area contributed by atoms with Crippen LogP contribution in [0, 0.1) is 0 Å². The number of ether oxygens (including phenoxy) is 1. The number of alkyl halides is 2. The predicted octanol–water partition coefficient (Wildman–Crippen LogP) is 5.02. The molecule has 0 spiro atoms. The number of anilines is 1. The maximum absolute atomic E-state index is 12.5. The number of rotatable bonds is 6. The van der Waals surface area contributed by atoms with Crippen LogP contribution >= 0.6 is 0 Å². The van der Waals surface area contributed by atoms with Crippen LogP contribution in [0.1, 0.15) is 31.0 Å². The quantitative estimate of drug-likeness (QED) is 0.806. The van der Waals surface area contributed by atoms with Crippen molar-refractivity contribution in [1.82, 2.24) is 0 Å². The second-order valence-corrected chi connectivity index (χ2v) is 4.79. The Morgan fingerprint density at radius 2 is 1.71 bits per heavy atom. The highest BCUT2D eigenvalue weighted by atomic mass is 19.3. The van der Waals surface area contributed by atoms with Gasteiger partial charge in [0.25, 0.3) is 0 Å². The molecular formula is C17H19F2NO. The first-order valence-electron chi connectivity index (χ1n) is 7.00. The molecule has 1 atom stereocenters. The minimum absolute atomic E-state index is 0.132. The molecule has 2 aromatic carbocycles. The highest BCUT2D eigenvalue weighted by Gasteiger charge is 2.15. The lowest BCUT2D eigenvalue weighted by molar-refractivity contribution is -0.0505. The lowest BCUT2D eigenvalue weighted by atomic mass is 10.1. The van der Waals surface area contributed by atoms with Crippen LogP contribution in [0.25, 0.3) is 0 Å². The van der Waals surface area contributed by atoms with Crippen LogP contribution in [0.3, 0.4) is 0 Å². The van der Waals surface area contributed by atoms with Crippen LogP contribution in [-0.4, -0.2) is 6.61 Å². The van der Waals surface area contributed by atoms with Gasteiger partial charge >= 0.3 is 6.61 Å². The molecule has 0 fully saturated rings. The molecule has 0 aromatic heterocycles. The van der Waals surface area contributed by atoms with Crippen LogP contribution in [0.5, 0.6) is 5.75 Å². The van der Waals surface area contributed by atoms with Gasteiger partial charge < -0.3 is 10.1 Å². The molecule has 2 aromatic rings. The third-order valence-corrected chi connectivity index (χ3v) is 3.37. The Morgan fingerprint density at radius 3 is 2.43 bits per heavy atom. The summed E-state index contributed by atoms with van der Waals surface area (Å²) in [6.45, 7) is 1.19. The summed E-state index contributed by atoms with van der Waals surface area (Å²) in [5, 5.41) is 3.37. The number of nitrogens with one attached hydrogen (secondary N) is 1. The molecule has 2 nitrogen and oxygen atoms in total. The summed E-state index contributed by atoms with van der Waals surface area (Å²) in [6.07, 6.45) is 0.908. The fourth-order valence-electron chi connectivity index (χ4n) is 2.32. The zero-order chi connectivity index (χ0) is 15.2. The Hall–Kier alpha value is -2.10. The van der Waals surface area contributed by atoms with Gasteiger partial charge in [-0.15, -0.1) is 0 Å². The molecule has 4 heteroatoms. The van der Waals surface area contributed by atoms with E-state index in [2.05, 4.69) is 23.0 Å². The van der Waals surface area contributed by atoms with E-state index in [0.717, 1.165) is 12.1 Å². The van der Waals surface area contributed by atoms with E-state index in [1.54, 1.807) is 18.2 Å². The third-order valence-electron chi connectivity index (χ3n) is 3.37. The molecule has 0 saturated heterocycles. The molecular weight excluding hydrogens is 272 g/mol. The number of hydrogen-bond acceptors (Lipinski definition) is 2. The molecule has 0 aliphatic rings. The Balaban J connectivity index is 2.22. The zero-order valence-electron chi connectivity index (χ0n) is 12.1. The fraction of sp³-hybridized carbons (Fsp3) is 0.294.